The van der Waals surface area contributed by atoms with E-state index in [-0.39, 0.29) is 0 Å². The third-order valence-corrected chi connectivity index (χ3v) is 1.24. The zero-order chi connectivity index (χ0) is 8.10. The van der Waals surface area contributed by atoms with Crippen LogP contribution in [0.1, 0.15) is 5.69 Å². The Morgan fingerprint density at radius 3 is 3.00 bits per heavy atom. The highest BCUT2D eigenvalue weighted by Crippen LogP contribution is 2.05. The summed E-state index contributed by atoms with van der Waals surface area (Å²) in [5.74, 6) is 0. The first-order chi connectivity index (χ1) is 5.34. The third kappa shape index (κ3) is 2.13. The monoisotopic (exact) mass is 150 g/mol. The summed E-state index contributed by atoms with van der Waals surface area (Å²) in [4.78, 5) is 7.96. The van der Waals surface area contributed by atoms with Crippen LogP contribution in [0.15, 0.2) is 25.2 Å². The zero-order valence-electron chi connectivity index (χ0n) is 6.45. The van der Waals surface area contributed by atoms with Gasteiger partial charge in [-0.25, -0.2) is 0 Å². The van der Waals surface area contributed by atoms with Gasteiger partial charge in [0.2, 0.25) is 0 Å². The average Bonchev–Trinajstić information content (AvgIpc) is 2.07. The van der Waals surface area contributed by atoms with E-state index in [0.717, 1.165) is 11.3 Å². The molecule has 58 valence electrons. The number of nitrogens with zero attached hydrogens (tertiary/aromatic N) is 2. The molecule has 0 aromatic carbocycles. The Kier molecular flexibility index (Phi) is 2.74. The van der Waals surface area contributed by atoms with Gasteiger partial charge in [0, 0.05) is 19.5 Å². The first-order valence-electron chi connectivity index (χ1n) is 3.27. The van der Waals surface area contributed by atoms with E-state index in [4.69, 9.17) is 4.74 Å². The molecule has 0 atom stereocenters. The molecule has 0 bridgehead atoms. The second kappa shape index (κ2) is 3.83. The lowest BCUT2D eigenvalue weighted by Crippen LogP contribution is -1.95. The first kappa shape index (κ1) is 7.88. The van der Waals surface area contributed by atoms with Gasteiger partial charge in [-0.15, -0.1) is 0 Å². The maximum atomic E-state index is 4.89. The first-order valence-corrected chi connectivity index (χ1v) is 3.27. The predicted molar refractivity (Wildman–Crippen MR) is 42.9 cm³/mol. The number of hydrogen-bond donors (Lipinski definition) is 0. The van der Waals surface area contributed by atoms with Crippen molar-refractivity contribution >= 4 is 5.57 Å². The Hall–Kier alpha value is -1.22. The predicted octanol–water partition coefficient (Wildman–Crippen LogP) is 1.14. The molecule has 0 spiro atoms. The van der Waals surface area contributed by atoms with Crippen molar-refractivity contribution in [3.05, 3.63) is 30.9 Å². The SMILES string of the molecule is C=C(COC)c1cnccn1. The molecule has 0 unspecified atom stereocenters. The van der Waals surface area contributed by atoms with Crippen LogP contribution in [-0.4, -0.2) is 23.7 Å². The van der Waals surface area contributed by atoms with Crippen molar-refractivity contribution in [2.24, 2.45) is 0 Å². The van der Waals surface area contributed by atoms with Crippen molar-refractivity contribution in [3.8, 4) is 0 Å². The minimum absolute atomic E-state index is 0.499. The fourth-order valence-corrected chi connectivity index (χ4v) is 0.730. The van der Waals surface area contributed by atoms with E-state index >= 15 is 0 Å². The quantitative estimate of drug-likeness (QED) is 0.648. The Morgan fingerprint density at radius 1 is 1.64 bits per heavy atom. The molecule has 0 radical (unpaired) electrons. The summed E-state index contributed by atoms with van der Waals surface area (Å²) in [6, 6.07) is 0. The summed E-state index contributed by atoms with van der Waals surface area (Å²) >= 11 is 0. The fourth-order valence-electron chi connectivity index (χ4n) is 0.730. The molecule has 0 saturated heterocycles. The summed E-state index contributed by atoms with van der Waals surface area (Å²) < 4.78 is 4.89. The molecule has 0 fully saturated rings. The second-order valence-corrected chi connectivity index (χ2v) is 2.13. The second-order valence-electron chi connectivity index (χ2n) is 2.13. The summed E-state index contributed by atoms with van der Waals surface area (Å²) in [6.07, 6.45) is 4.93. The molecule has 0 aliphatic carbocycles. The smallest absolute Gasteiger partial charge is 0.0862 e. The maximum Gasteiger partial charge on any atom is 0.0862 e. The highest BCUT2D eigenvalue weighted by atomic mass is 16.5. The van der Waals surface area contributed by atoms with Gasteiger partial charge in [0.25, 0.3) is 0 Å². The summed E-state index contributed by atoms with van der Waals surface area (Å²) in [5, 5.41) is 0. The number of methoxy groups -OCH3 is 1. The van der Waals surface area contributed by atoms with E-state index in [0.29, 0.717) is 6.61 Å². The van der Waals surface area contributed by atoms with Crippen molar-refractivity contribution in [1.82, 2.24) is 9.97 Å². The van der Waals surface area contributed by atoms with Crippen LogP contribution in [0, 0.1) is 0 Å². The van der Waals surface area contributed by atoms with Crippen LogP contribution in [0.25, 0.3) is 5.57 Å². The summed E-state index contributed by atoms with van der Waals surface area (Å²) in [5.41, 5.74) is 1.63. The van der Waals surface area contributed by atoms with Crippen LogP contribution in [-0.2, 0) is 4.74 Å². The molecule has 1 rings (SSSR count). The molecule has 0 amide bonds. The number of ether oxygens (including phenoxy) is 1. The van der Waals surface area contributed by atoms with E-state index in [9.17, 15) is 0 Å². The standard InChI is InChI=1S/C8H10N2O/c1-7(6-11-2)8-5-9-3-4-10-8/h3-5H,1,6H2,2H3. The Balaban J connectivity index is 2.69. The van der Waals surface area contributed by atoms with E-state index < -0.39 is 0 Å². The van der Waals surface area contributed by atoms with Gasteiger partial charge >= 0.3 is 0 Å². The lowest BCUT2D eigenvalue weighted by atomic mass is 10.2. The van der Waals surface area contributed by atoms with Gasteiger partial charge in [0.15, 0.2) is 0 Å². The Bertz CT molecular complexity index is 233. The van der Waals surface area contributed by atoms with E-state index in [2.05, 4.69) is 16.5 Å². The molecule has 3 heteroatoms. The van der Waals surface area contributed by atoms with Gasteiger partial charge in [-0.2, -0.15) is 0 Å². The van der Waals surface area contributed by atoms with Crippen molar-refractivity contribution in [1.29, 1.82) is 0 Å². The number of rotatable bonds is 3. The zero-order valence-corrected chi connectivity index (χ0v) is 6.45. The largest absolute Gasteiger partial charge is 0.380 e. The molecule has 0 aliphatic rings. The van der Waals surface area contributed by atoms with Gasteiger partial charge in [-0.1, -0.05) is 6.58 Å². The third-order valence-electron chi connectivity index (χ3n) is 1.24. The highest BCUT2D eigenvalue weighted by molar-refractivity contribution is 5.59. The lowest BCUT2D eigenvalue weighted by Gasteiger charge is -2.00. The minimum Gasteiger partial charge on any atom is -0.380 e. The molecular formula is C8H10N2O. The summed E-state index contributed by atoms with van der Waals surface area (Å²) in [7, 11) is 1.63. The van der Waals surface area contributed by atoms with E-state index in [1.807, 2.05) is 0 Å². The van der Waals surface area contributed by atoms with Crippen LogP contribution >= 0.6 is 0 Å². The molecule has 11 heavy (non-hydrogen) atoms. The van der Waals surface area contributed by atoms with Crippen molar-refractivity contribution < 1.29 is 4.74 Å². The van der Waals surface area contributed by atoms with Crippen molar-refractivity contribution in [3.63, 3.8) is 0 Å². The van der Waals surface area contributed by atoms with Gasteiger partial charge in [0.05, 0.1) is 18.5 Å². The maximum absolute atomic E-state index is 4.89. The van der Waals surface area contributed by atoms with E-state index in [1.54, 1.807) is 25.7 Å². The molecule has 1 aromatic heterocycles. The van der Waals surface area contributed by atoms with Gasteiger partial charge in [-0.3, -0.25) is 9.97 Å². The fraction of sp³-hybridized carbons (Fsp3) is 0.250. The van der Waals surface area contributed by atoms with Crippen LogP contribution in [0.4, 0.5) is 0 Å². The molecular weight excluding hydrogens is 140 g/mol. The lowest BCUT2D eigenvalue weighted by molar-refractivity contribution is 0.239. The highest BCUT2D eigenvalue weighted by Gasteiger charge is 1.97. The average molecular weight is 150 g/mol. The normalized spacial score (nSPS) is 9.55. The Morgan fingerprint density at radius 2 is 2.45 bits per heavy atom. The minimum atomic E-state index is 0.499. The van der Waals surface area contributed by atoms with Gasteiger partial charge in [0.1, 0.15) is 0 Å². The number of hydrogen-bond acceptors (Lipinski definition) is 3. The van der Waals surface area contributed by atoms with E-state index in [1.165, 1.54) is 0 Å². The topological polar surface area (TPSA) is 35.0 Å². The van der Waals surface area contributed by atoms with Gasteiger partial charge in [-0.05, 0) is 5.57 Å². The Labute approximate surface area is 65.8 Å². The molecule has 0 aliphatic heterocycles. The van der Waals surface area contributed by atoms with Crippen LogP contribution in [0.5, 0.6) is 0 Å². The molecule has 0 N–H and O–H groups in total. The molecule has 0 saturated carbocycles. The van der Waals surface area contributed by atoms with Crippen LogP contribution < -0.4 is 0 Å². The summed E-state index contributed by atoms with van der Waals surface area (Å²) in [6.45, 7) is 4.29. The van der Waals surface area contributed by atoms with Crippen molar-refractivity contribution in [2.75, 3.05) is 13.7 Å². The van der Waals surface area contributed by atoms with Crippen LogP contribution in [0.2, 0.25) is 0 Å². The van der Waals surface area contributed by atoms with Crippen molar-refractivity contribution in [2.45, 2.75) is 0 Å². The molecule has 1 heterocycles. The van der Waals surface area contributed by atoms with Gasteiger partial charge < -0.3 is 4.74 Å². The molecule has 3 nitrogen and oxygen atoms in total. The molecule has 1 aromatic rings. The number of aromatic nitrogens is 2. The van der Waals surface area contributed by atoms with Crippen LogP contribution in [0.3, 0.4) is 0 Å².